The zero-order valence-electron chi connectivity index (χ0n) is 18.9. The van der Waals surface area contributed by atoms with Crippen LogP contribution in [0.3, 0.4) is 0 Å². The minimum Gasteiger partial charge on any atom is -0.492 e. The Morgan fingerprint density at radius 1 is 1.09 bits per heavy atom. The summed E-state index contributed by atoms with van der Waals surface area (Å²) >= 11 is 0. The number of benzodiazepines with no additional fused rings is 1. The van der Waals surface area contributed by atoms with Crippen LogP contribution in [0.5, 0.6) is 5.75 Å². The predicted molar refractivity (Wildman–Crippen MR) is 138 cm³/mol. The number of halogens is 1. The van der Waals surface area contributed by atoms with Gasteiger partial charge in [-0.15, -0.1) is 12.4 Å². The molecule has 1 heterocycles. The van der Waals surface area contributed by atoms with E-state index in [4.69, 9.17) is 15.5 Å². The van der Waals surface area contributed by atoms with Crippen molar-refractivity contribution >= 4 is 35.4 Å². The van der Waals surface area contributed by atoms with Crippen molar-refractivity contribution in [1.29, 1.82) is 0 Å². The van der Waals surface area contributed by atoms with Gasteiger partial charge in [0, 0.05) is 41.2 Å². The van der Waals surface area contributed by atoms with Crippen LogP contribution in [0.1, 0.15) is 32.6 Å². The fourth-order valence-electron chi connectivity index (χ4n) is 3.93. The molecule has 0 bridgehead atoms. The number of carbonyl (C=O) groups excluding carboxylic acids is 1. The highest BCUT2D eigenvalue weighted by atomic mass is 35.5. The van der Waals surface area contributed by atoms with Gasteiger partial charge in [-0.2, -0.15) is 0 Å². The van der Waals surface area contributed by atoms with Crippen molar-refractivity contribution in [2.45, 2.75) is 13.8 Å². The monoisotopic (exact) mass is 464 g/mol. The van der Waals surface area contributed by atoms with E-state index in [0.29, 0.717) is 25.3 Å². The lowest BCUT2D eigenvalue weighted by Gasteiger charge is -2.15. The number of nitrogens with zero attached hydrogens (tertiary/aromatic N) is 1. The summed E-state index contributed by atoms with van der Waals surface area (Å²) in [7, 11) is 0. The second-order valence-corrected chi connectivity index (χ2v) is 7.81. The molecule has 0 saturated carbocycles. The molecule has 1 aliphatic heterocycles. The van der Waals surface area contributed by atoms with E-state index in [-0.39, 0.29) is 18.3 Å². The molecule has 4 N–H and O–H groups in total. The number of nitrogens with two attached hydrogens (primary N) is 1. The number of aliphatic imine (C=N–C) groups is 1. The van der Waals surface area contributed by atoms with Gasteiger partial charge in [0.15, 0.2) is 0 Å². The second kappa shape index (κ2) is 11.0. The summed E-state index contributed by atoms with van der Waals surface area (Å²) < 4.78 is 5.72. The normalized spacial score (nSPS) is 12.4. The molecule has 3 aromatic carbocycles. The molecule has 0 spiro atoms. The number of nitrogens with one attached hydrogen (secondary N) is 2. The summed E-state index contributed by atoms with van der Waals surface area (Å²) in [5.41, 5.74) is 12.6. The lowest BCUT2D eigenvalue weighted by molar-refractivity contribution is 0.102. The van der Waals surface area contributed by atoms with Crippen molar-refractivity contribution in [3.05, 3.63) is 88.5 Å². The molecule has 0 saturated heterocycles. The van der Waals surface area contributed by atoms with Crippen molar-refractivity contribution in [3.63, 3.8) is 0 Å². The third-order valence-corrected chi connectivity index (χ3v) is 5.36. The zero-order valence-corrected chi connectivity index (χ0v) is 19.7. The largest absolute Gasteiger partial charge is 0.492 e. The van der Waals surface area contributed by atoms with Gasteiger partial charge in [-0.25, -0.2) is 0 Å². The molecule has 33 heavy (non-hydrogen) atoms. The molecule has 1 amide bonds. The van der Waals surface area contributed by atoms with Crippen LogP contribution in [0.15, 0.2) is 65.7 Å². The number of ether oxygens (including phenoxy) is 1. The minimum atomic E-state index is -0.165. The van der Waals surface area contributed by atoms with Crippen LogP contribution in [0.4, 0.5) is 11.4 Å². The molecule has 0 aromatic heterocycles. The number of hydrogen-bond acceptors (Lipinski definition) is 5. The van der Waals surface area contributed by atoms with Gasteiger partial charge >= 0.3 is 0 Å². The van der Waals surface area contributed by atoms with Crippen LogP contribution in [0.2, 0.25) is 0 Å². The molecule has 3 aromatic rings. The highest BCUT2D eigenvalue weighted by Gasteiger charge is 2.17. The topological polar surface area (TPSA) is 88.7 Å². The van der Waals surface area contributed by atoms with E-state index < -0.39 is 0 Å². The Hall–Kier alpha value is -3.35. The Morgan fingerprint density at radius 2 is 1.82 bits per heavy atom. The van der Waals surface area contributed by atoms with E-state index in [9.17, 15) is 4.79 Å². The lowest BCUT2D eigenvalue weighted by atomic mass is 9.99. The first-order chi connectivity index (χ1) is 15.6. The van der Waals surface area contributed by atoms with Crippen LogP contribution in [0.25, 0.3) is 0 Å². The van der Waals surface area contributed by atoms with E-state index in [1.807, 2.05) is 62.4 Å². The van der Waals surface area contributed by atoms with Gasteiger partial charge in [0.25, 0.3) is 5.91 Å². The van der Waals surface area contributed by atoms with Crippen LogP contribution in [0, 0.1) is 13.8 Å². The summed E-state index contributed by atoms with van der Waals surface area (Å²) in [5.74, 6) is 0.619. The number of hydrogen-bond donors (Lipinski definition) is 3. The fourth-order valence-corrected chi connectivity index (χ4v) is 3.93. The highest BCUT2D eigenvalue weighted by molar-refractivity contribution is 6.17. The molecule has 172 valence electrons. The van der Waals surface area contributed by atoms with Crippen molar-refractivity contribution in [2.24, 2.45) is 10.7 Å². The van der Waals surface area contributed by atoms with Crippen LogP contribution < -0.4 is 21.1 Å². The van der Waals surface area contributed by atoms with E-state index in [1.54, 1.807) is 0 Å². The number of benzene rings is 3. The Labute approximate surface area is 200 Å². The Bertz CT molecular complexity index is 1140. The van der Waals surface area contributed by atoms with Crippen molar-refractivity contribution in [3.8, 4) is 5.75 Å². The third-order valence-electron chi connectivity index (χ3n) is 5.36. The number of aryl methyl sites for hydroxylation is 2. The minimum absolute atomic E-state index is 0. The molecule has 4 rings (SSSR count). The van der Waals surface area contributed by atoms with Crippen LogP contribution >= 0.6 is 12.4 Å². The average molecular weight is 465 g/mol. The third kappa shape index (κ3) is 5.53. The molecule has 0 fully saturated rings. The van der Waals surface area contributed by atoms with E-state index in [0.717, 1.165) is 51.6 Å². The smallest absolute Gasteiger partial charge is 0.255 e. The van der Waals surface area contributed by atoms with Crippen molar-refractivity contribution in [1.82, 2.24) is 0 Å². The number of rotatable bonds is 6. The summed E-state index contributed by atoms with van der Waals surface area (Å²) in [5, 5.41) is 6.46. The first-order valence-electron chi connectivity index (χ1n) is 10.8. The van der Waals surface area contributed by atoms with Crippen molar-refractivity contribution < 1.29 is 9.53 Å². The maximum absolute atomic E-state index is 13.0. The molecule has 0 radical (unpaired) electrons. The second-order valence-electron chi connectivity index (χ2n) is 7.81. The molecular formula is C26H29ClN4O2. The van der Waals surface area contributed by atoms with Gasteiger partial charge in [-0.1, -0.05) is 30.3 Å². The Balaban J connectivity index is 0.00000306. The summed E-state index contributed by atoms with van der Waals surface area (Å²) in [4.78, 5) is 17.8. The molecule has 6 nitrogen and oxygen atoms in total. The first kappa shape index (κ1) is 24.3. The van der Waals surface area contributed by atoms with E-state index >= 15 is 0 Å². The summed E-state index contributed by atoms with van der Waals surface area (Å²) in [6.45, 7) is 6.23. The highest BCUT2D eigenvalue weighted by Crippen LogP contribution is 2.28. The quantitative estimate of drug-likeness (QED) is 0.498. The Kier molecular flexibility index (Phi) is 8.09. The Morgan fingerprint density at radius 3 is 2.52 bits per heavy atom. The number of carbonyl (C=O) groups is 1. The van der Waals surface area contributed by atoms with Crippen LogP contribution in [-0.2, 0) is 0 Å². The molecule has 1 aliphatic rings. The molecular weight excluding hydrogens is 436 g/mol. The maximum atomic E-state index is 13.0. The SMILES string of the molecule is Cc1cc(C(=O)Nc2ccc3c(c2)C(c2ccccc2)=NCCN3)cc(C)c1OCCN.Cl. The zero-order chi connectivity index (χ0) is 22.5. The number of anilines is 2. The number of amides is 1. The van der Waals surface area contributed by atoms with Crippen molar-refractivity contribution in [2.75, 3.05) is 36.9 Å². The molecule has 0 atom stereocenters. The molecule has 7 heteroatoms. The molecule has 0 aliphatic carbocycles. The number of fused-ring (bicyclic) bond motifs is 1. The lowest BCUT2D eigenvalue weighted by Crippen LogP contribution is -2.15. The standard InChI is InChI=1S/C26H28N4O2.ClH/c1-17-14-20(15-18(2)25(17)32-13-10-27)26(31)30-21-8-9-23-22(16-21)24(29-12-11-28-23)19-6-4-3-5-7-19;/h3-9,14-16,28H,10-13,27H2,1-2H3,(H,30,31);1H. The first-order valence-corrected chi connectivity index (χ1v) is 10.8. The van der Waals surface area contributed by atoms with Gasteiger partial charge < -0.3 is 21.1 Å². The van der Waals surface area contributed by atoms with Gasteiger partial charge in [0.05, 0.1) is 12.3 Å². The van der Waals surface area contributed by atoms with E-state index in [2.05, 4.69) is 22.8 Å². The van der Waals surface area contributed by atoms with Gasteiger partial charge in [-0.05, 0) is 55.3 Å². The average Bonchev–Trinajstić information content (AvgIpc) is 3.01. The summed E-state index contributed by atoms with van der Waals surface area (Å²) in [6.07, 6.45) is 0. The van der Waals surface area contributed by atoms with Gasteiger partial charge in [0.2, 0.25) is 0 Å². The fraction of sp³-hybridized carbons (Fsp3) is 0.231. The summed E-state index contributed by atoms with van der Waals surface area (Å²) in [6, 6.07) is 19.7. The predicted octanol–water partition coefficient (Wildman–Crippen LogP) is 4.58. The van der Waals surface area contributed by atoms with Gasteiger partial charge in [-0.3, -0.25) is 9.79 Å². The maximum Gasteiger partial charge on any atom is 0.255 e. The molecule has 0 unspecified atom stereocenters. The van der Waals surface area contributed by atoms with Crippen LogP contribution in [-0.4, -0.2) is 37.9 Å². The van der Waals surface area contributed by atoms with Gasteiger partial charge in [0.1, 0.15) is 12.4 Å². The van der Waals surface area contributed by atoms with E-state index in [1.165, 1.54) is 0 Å².